The number of hydrogen-bond donors (Lipinski definition) is 0. The zero-order valence-electron chi connectivity index (χ0n) is 13.8. The quantitative estimate of drug-likeness (QED) is 0.818. The van der Waals surface area contributed by atoms with E-state index in [1.807, 2.05) is 0 Å². The second kappa shape index (κ2) is 5.73. The summed E-state index contributed by atoms with van der Waals surface area (Å²) in [4.78, 5) is 2.60. The van der Waals surface area contributed by atoms with Crippen molar-refractivity contribution in [3.05, 3.63) is 35.9 Å². The van der Waals surface area contributed by atoms with Crippen LogP contribution in [0.1, 0.15) is 45.6 Å². The highest BCUT2D eigenvalue weighted by molar-refractivity contribution is 5.16. The van der Waals surface area contributed by atoms with Crippen molar-refractivity contribution in [2.24, 2.45) is 5.92 Å². The first-order valence-electron chi connectivity index (χ1n) is 8.40. The highest BCUT2D eigenvalue weighted by Gasteiger charge is 2.43. The van der Waals surface area contributed by atoms with Crippen LogP contribution in [0, 0.1) is 5.92 Å². The minimum absolute atomic E-state index is 0.182. The number of rotatable bonds is 2. The summed E-state index contributed by atoms with van der Waals surface area (Å²) < 4.78 is 6.30. The van der Waals surface area contributed by atoms with Gasteiger partial charge in [-0.3, -0.25) is 4.90 Å². The summed E-state index contributed by atoms with van der Waals surface area (Å²) in [7, 11) is 0. The van der Waals surface area contributed by atoms with Crippen LogP contribution in [0.15, 0.2) is 30.3 Å². The molecule has 2 aliphatic rings. The van der Waals surface area contributed by atoms with E-state index in [-0.39, 0.29) is 5.60 Å². The van der Waals surface area contributed by atoms with Gasteiger partial charge in [-0.2, -0.15) is 0 Å². The van der Waals surface area contributed by atoms with Crippen LogP contribution in [-0.2, 0) is 11.2 Å². The Bertz CT molecular complexity index is 454. The van der Waals surface area contributed by atoms with Crippen LogP contribution >= 0.6 is 0 Å². The zero-order valence-corrected chi connectivity index (χ0v) is 13.8. The van der Waals surface area contributed by atoms with Crippen molar-refractivity contribution in [3.63, 3.8) is 0 Å². The van der Waals surface area contributed by atoms with Crippen molar-refractivity contribution < 1.29 is 4.74 Å². The van der Waals surface area contributed by atoms with Crippen molar-refractivity contribution in [2.45, 2.75) is 57.6 Å². The third kappa shape index (κ3) is 3.49. The van der Waals surface area contributed by atoms with Gasteiger partial charge >= 0.3 is 0 Å². The van der Waals surface area contributed by atoms with Gasteiger partial charge in [0.25, 0.3) is 0 Å². The largest absolute Gasteiger partial charge is 0.375 e. The van der Waals surface area contributed by atoms with Crippen LogP contribution in [-0.4, -0.2) is 35.7 Å². The van der Waals surface area contributed by atoms with E-state index < -0.39 is 0 Å². The highest BCUT2D eigenvalue weighted by Crippen LogP contribution is 2.40. The van der Waals surface area contributed by atoms with E-state index in [2.05, 4.69) is 56.0 Å². The molecule has 116 valence electrons. The van der Waals surface area contributed by atoms with Gasteiger partial charge in [0.1, 0.15) is 0 Å². The maximum atomic E-state index is 6.30. The number of nitrogens with zero attached hydrogens (tertiary/aromatic N) is 1. The van der Waals surface area contributed by atoms with Crippen molar-refractivity contribution in [3.8, 4) is 0 Å². The van der Waals surface area contributed by atoms with Gasteiger partial charge in [0.05, 0.1) is 12.2 Å². The molecule has 0 saturated carbocycles. The van der Waals surface area contributed by atoms with Crippen LogP contribution in [0.2, 0.25) is 0 Å². The van der Waals surface area contributed by atoms with E-state index in [1.165, 1.54) is 44.3 Å². The first-order chi connectivity index (χ1) is 9.97. The molecule has 0 N–H and O–H groups in total. The van der Waals surface area contributed by atoms with Crippen LogP contribution in [0.3, 0.4) is 0 Å². The standard InChI is InChI=1S/C19H29NO/c1-18(2,3)20-11-9-19(10-12-20)14-17(15-21-19)13-16-7-5-4-6-8-16/h4-8,17H,9-15H2,1-3H3. The molecule has 3 rings (SSSR count). The van der Waals surface area contributed by atoms with E-state index in [9.17, 15) is 0 Å². The molecule has 2 heterocycles. The minimum Gasteiger partial charge on any atom is -0.375 e. The van der Waals surface area contributed by atoms with E-state index in [0.29, 0.717) is 11.5 Å². The van der Waals surface area contributed by atoms with E-state index in [1.54, 1.807) is 0 Å². The molecular weight excluding hydrogens is 258 g/mol. The molecule has 0 radical (unpaired) electrons. The van der Waals surface area contributed by atoms with E-state index in [4.69, 9.17) is 4.74 Å². The summed E-state index contributed by atoms with van der Waals surface area (Å²) in [6.07, 6.45) is 4.83. The maximum Gasteiger partial charge on any atom is 0.0710 e. The Balaban J connectivity index is 1.55. The van der Waals surface area contributed by atoms with Gasteiger partial charge in [0.2, 0.25) is 0 Å². The Hall–Kier alpha value is -0.860. The van der Waals surface area contributed by atoms with Gasteiger partial charge in [-0.05, 0) is 57.9 Å². The third-order valence-electron chi connectivity index (χ3n) is 5.28. The number of benzene rings is 1. The molecular formula is C19H29NO. The molecule has 0 bridgehead atoms. The average molecular weight is 287 g/mol. The summed E-state index contributed by atoms with van der Waals surface area (Å²) in [5, 5.41) is 0. The molecule has 1 atom stereocenters. The monoisotopic (exact) mass is 287 g/mol. The fourth-order valence-corrected chi connectivity index (χ4v) is 3.95. The highest BCUT2D eigenvalue weighted by atomic mass is 16.5. The van der Waals surface area contributed by atoms with Crippen molar-refractivity contribution in [1.82, 2.24) is 4.90 Å². The topological polar surface area (TPSA) is 12.5 Å². The summed E-state index contributed by atoms with van der Waals surface area (Å²) in [6, 6.07) is 10.9. The van der Waals surface area contributed by atoms with Crippen molar-refractivity contribution in [2.75, 3.05) is 19.7 Å². The second-order valence-corrected chi connectivity index (χ2v) is 7.91. The first kappa shape index (κ1) is 15.1. The molecule has 2 heteroatoms. The Morgan fingerprint density at radius 1 is 1.14 bits per heavy atom. The van der Waals surface area contributed by atoms with Gasteiger partial charge in [-0.25, -0.2) is 0 Å². The number of ether oxygens (including phenoxy) is 1. The predicted molar refractivity (Wildman–Crippen MR) is 87.5 cm³/mol. The first-order valence-corrected chi connectivity index (χ1v) is 8.40. The zero-order chi connectivity index (χ0) is 14.9. The molecule has 1 aromatic carbocycles. The molecule has 2 nitrogen and oxygen atoms in total. The average Bonchev–Trinajstić information content (AvgIpc) is 2.82. The lowest BCUT2D eigenvalue weighted by atomic mass is 9.82. The molecule has 0 aliphatic carbocycles. The summed E-state index contributed by atoms with van der Waals surface area (Å²) >= 11 is 0. The second-order valence-electron chi connectivity index (χ2n) is 7.91. The minimum atomic E-state index is 0.182. The predicted octanol–water partition coefficient (Wildman–Crippen LogP) is 3.90. The van der Waals surface area contributed by atoms with Crippen LogP contribution in [0.5, 0.6) is 0 Å². The maximum absolute atomic E-state index is 6.30. The lowest BCUT2D eigenvalue weighted by molar-refractivity contribution is -0.0591. The molecule has 1 unspecified atom stereocenters. The molecule has 1 aromatic rings. The fourth-order valence-electron chi connectivity index (χ4n) is 3.95. The molecule has 2 fully saturated rings. The lowest BCUT2D eigenvalue weighted by Crippen LogP contribution is -2.51. The molecule has 0 amide bonds. The summed E-state index contributed by atoms with van der Waals surface area (Å²) in [5.74, 6) is 0.702. The lowest BCUT2D eigenvalue weighted by Gasteiger charge is -2.44. The van der Waals surface area contributed by atoms with Gasteiger partial charge in [0.15, 0.2) is 0 Å². The summed E-state index contributed by atoms with van der Waals surface area (Å²) in [5.41, 5.74) is 1.93. The molecule has 0 aromatic heterocycles. The van der Waals surface area contributed by atoms with Gasteiger partial charge in [-0.1, -0.05) is 30.3 Å². The Morgan fingerprint density at radius 3 is 2.43 bits per heavy atom. The van der Waals surface area contributed by atoms with Crippen molar-refractivity contribution >= 4 is 0 Å². The molecule has 21 heavy (non-hydrogen) atoms. The molecule has 2 aliphatic heterocycles. The Morgan fingerprint density at radius 2 is 1.81 bits per heavy atom. The van der Waals surface area contributed by atoms with Gasteiger partial charge < -0.3 is 4.74 Å². The normalized spacial score (nSPS) is 26.3. The van der Waals surface area contributed by atoms with Crippen LogP contribution < -0.4 is 0 Å². The van der Waals surface area contributed by atoms with E-state index >= 15 is 0 Å². The SMILES string of the molecule is CC(C)(C)N1CCC2(CC1)CC(Cc1ccccc1)CO2. The third-order valence-corrected chi connectivity index (χ3v) is 5.28. The van der Waals surface area contributed by atoms with Crippen molar-refractivity contribution in [1.29, 1.82) is 0 Å². The number of hydrogen-bond acceptors (Lipinski definition) is 2. The fraction of sp³-hybridized carbons (Fsp3) is 0.684. The van der Waals surface area contributed by atoms with Gasteiger partial charge in [0, 0.05) is 18.6 Å². The van der Waals surface area contributed by atoms with Crippen LogP contribution in [0.25, 0.3) is 0 Å². The molecule has 2 saturated heterocycles. The number of piperidine rings is 1. The summed E-state index contributed by atoms with van der Waals surface area (Å²) in [6.45, 7) is 10.3. The van der Waals surface area contributed by atoms with E-state index in [0.717, 1.165) is 6.61 Å². The Kier molecular flexibility index (Phi) is 4.11. The smallest absolute Gasteiger partial charge is 0.0710 e. The van der Waals surface area contributed by atoms with Gasteiger partial charge in [-0.15, -0.1) is 0 Å². The molecule has 1 spiro atoms. The number of likely N-dealkylation sites (tertiary alicyclic amines) is 1. The van der Waals surface area contributed by atoms with Crippen LogP contribution in [0.4, 0.5) is 0 Å². The Labute approximate surface area is 129 Å².